The number of nitrogens with two attached hydrogens (primary N) is 1. The highest BCUT2D eigenvalue weighted by Crippen LogP contribution is 2.19. The summed E-state index contributed by atoms with van der Waals surface area (Å²) in [7, 11) is 0. The minimum Gasteiger partial charge on any atom is -0.338 e. The average molecular weight is 235 g/mol. The Morgan fingerprint density at radius 1 is 1.59 bits per heavy atom. The summed E-state index contributed by atoms with van der Waals surface area (Å²) in [5.41, 5.74) is 4.46. The van der Waals surface area contributed by atoms with Gasteiger partial charge in [-0.25, -0.2) is 5.84 Å². The third kappa shape index (κ3) is 2.52. The summed E-state index contributed by atoms with van der Waals surface area (Å²) >= 11 is 0. The Labute approximate surface area is 100 Å². The van der Waals surface area contributed by atoms with E-state index in [4.69, 9.17) is 5.84 Å². The van der Waals surface area contributed by atoms with Gasteiger partial charge in [-0.15, -0.1) is 5.10 Å². The molecule has 0 fully saturated rings. The van der Waals surface area contributed by atoms with Crippen molar-refractivity contribution in [3.63, 3.8) is 0 Å². The number of rotatable bonds is 3. The molecule has 1 aromatic heterocycles. The van der Waals surface area contributed by atoms with Gasteiger partial charge in [0.2, 0.25) is 5.91 Å². The standard InChI is InChI=1S/C11H17N5O/c1-2-3-11(17)16-5-4-9-8(7-16)6-10(13-12)15-14-9/h6H,2-5,7,12H2,1H3,(H,13,15). The third-order valence-electron chi connectivity index (χ3n) is 2.90. The Morgan fingerprint density at radius 2 is 2.41 bits per heavy atom. The second kappa shape index (κ2) is 5.09. The van der Waals surface area contributed by atoms with Crippen molar-refractivity contribution < 1.29 is 4.79 Å². The highest BCUT2D eigenvalue weighted by atomic mass is 16.2. The maximum atomic E-state index is 11.8. The lowest BCUT2D eigenvalue weighted by Gasteiger charge is -2.28. The molecule has 1 aliphatic rings. The minimum absolute atomic E-state index is 0.206. The van der Waals surface area contributed by atoms with Crippen LogP contribution in [0.3, 0.4) is 0 Å². The number of aromatic nitrogens is 2. The number of nitrogens with zero attached hydrogens (tertiary/aromatic N) is 3. The molecule has 2 heterocycles. The van der Waals surface area contributed by atoms with Gasteiger partial charge >= 0.3 is 0 Å². The van der Waals surface area contributed by atoms with E-state index in [1.807, 2.05) is 17.9 Å². The van der Waals surface area contributed by atoms with E-state index in [9.17, 15) is 4.79 Å². The van der Waals surface area contributed by atoms with Crippen LogP contribution in [0.15, 0.2) is 6.07 Å². The molecular weight excluding hydrogens is 218 g/mol. The number of anilines is 1. The Balaban J connectivity index is 2.14. The van der Waals surface area contributed by atoms with E-state index < -0.39 is 0 Å². The molecule has 0 atom stereocenters. The number of fused-ring (bicyclic) bond motifs is 1. The molecule has 6 heteroatoms. The van der Waals surface area contributed by atoms with Crippen LogP contribution >= 0.6 is 0 Å². The average Bonchev–Trinajstić information content (AvgIpc) is 2.37. The van der Waals surface area contributed by atoms with Gasteiger partial charge in [-0.3, -0.25) is 4.79 Å². The number of hydrogen-bond acceptors (Lipinski definition) is 5. The molecule has 1 aliphatic heterocycles. The summed E-state index contributed by atoms with van der Waals surface area (Å²) in [5, 5.41) is 8.03. The summed E-state index contributed by atoms with van der Waals surface area (Å²) in [5.74, 6) is 6.03. The van der Waals surface area contributed by atoms with Gasteiger partial charge in [-0.2, -0.15) is 5.10 Å². The van der Waals surface area contributed by atoms with Crippen molar-refractivity contribution in [2.75, 3.05) is 12.0 Å². The normalized spacial score (nSPS) is 14.4. The predicted molar refractivity (Wildman–Crippen MR) is 63.9 cm³/mol. The third-order valence-corrected chi connectivity index (χ3v) is 2.90. The van der Waals surface area contributed by atoms with Crippen LogP contribution in [0.2, 0.25) is 0 Å². The van der Waals surface area contributed by atoms with E-state index in [-0.39, 0.29) is 5.91 Å². The summed E-state index contributed by atoms with van der Waals surface area (Å²) in [6.07, 6.45) is 2.25. The van der Waals surface area contributed by atoms with Gasteiger partial charge in [-0.05, 0) is 18.1 Å². The highest BCUT2D eigenvalue weighted by molar-refractivity contribution is 5.76. The van der Waals surface area contributed by atoms with Crippen LogP contribution in [0.25, 0.3) is 0 Å². The van der Waals surface area contributed by atoms with Crippen molar-refractivity contribution in [2.24, 2.45) is 5.84 Å². The molecule has 92 valence electrons. The Bertz CT molecular complexity index is 420. The van der Waals surface area contributed by atoms with Crippen molar-refractivity contribution in [3.8, 4) is 0 Å². The van der Waals surface area contributed by atoms with E-state index in [1.54, 1.807) is 0 Å². The zero-order chi connectivity index (χ0) is 12.3. The Hall–Kier alpha value is -1.69. The molecule has 0 aromatic carbocycles. The van der Waals surface area contributed by atoms with Gasteiger partial charge in [0.1, 0.15) is 0 Å². The van der Waals surface area contributed by atoms with Crippen molar-refractivity contribution >= 4 is 11.7 Å². The van der Waals surface area contributed by atoms with Crippen LogP contribution in [-0.4, -0.2) is 27.5 Å². The molecule has 0 unspecified atom stereocenters. The first kappa shape index (κ1) is 11.8. The van der Waals surface area contributed by atoms with Crippen molar-refractivity contribution in [2.45, 2.75) is 32.7 Å². The van der Waals surface area contributed by atoms with E-state index in [1.165, 1.54) is 0 Å². The molecule has 0 aliphatic carbocycles. The number of carbonyl (C=O) groups is 1. The Morgan fingerprint density at radius 3 is 3.12 bits per heavy atom. The topological polar surface area (TPSA) is 84.1 Å². The van der Waals surface area contributed by atoms with E-state index in [2.05, 4.69) is 15.6 Å². The lowest BCUT2D eigenvalue weighted by Crippen LogP contribution is -2.36. The van der Waals surface area contributed by atoms with E-state index in [0.717, 1.165) is 30.6 Å². The van der Waals surface area contributed by atoms with Crippen LogP contribution in [-0.2, 0) is 17.8 Å². The highest BCUT2D eigenvalue weighted by Gasteiger charge is 2.21. The summed E-state index contributed by atoms with van der Waals surface area (Å²) in [6, 6.07) is 1.85. The first-order valence-corrected chi connectivity index (χ1v) is 5.84. The van der Waals surface area contributed by atoms with Crippen LogP contribution in [0, 0.1) is 0 Å². The molecule has 0 saturated heterocycles. The quantitative estimate of drug-likeness (QED) is 0.587. The minimum atomic E-state index is 0.206. The zero-order valence-corrected chi connectivity index (χ0v) is 9.94. The van der Waals surface area contributed by atoms with Crippen LogP contribution in [0.5, 0.6) is 0 Å². The molecule has 2 rings (SSSR count). The number of nitrogen functional groups attached to an aromatic ring is 1. The largest absolute Gasteiger partial charge is 0.338 e. The fraction of sp³-hybridized carbons (Fsp3) is 0.545. The summed E-state index contributed by atoms with van der Waals surface area (Å²) < 4.78 is 0. The van der Waals surface area contributed by atoms with Crippen molar-refractivity contribution in [1.29, 1.82) is 0 Å². The van der Waals surface area contributed by atoms with Crippen molar-refractivity contribution in [3.05, 3.63) is 17.3 Å². The molecule has 0 bridgehead atoms. The fourth-order valence-corrected chi connectivity index (χ4v) is 1.98. The molecule has 1 amide bonds. The monoisotopic (exact) mass is 235 g/mol. The van der Waals surface area contributed by atoms with Crippen molar-refractivity contribution in [1.82, 2.24) is 15.1 Å². The summed E-state index contributed by atoms with van der Waals surface area (Å²) in [4.78, 5) is 13.7. The molecule has 17 heavy (non-hydrogen) atoms. The van der Waals surface area contributed by atoms with Gasteiger partial charge in [0.25, 0.3) is 0 Å². The lowest BCUT2D eigenvalue weighted by atomic mass is 10.1. The molecule has 0 spiro atoms. The fourth-order valence-electron chi connectivity index (χ4n) is 1.98. The van der Waals surface area contributed by atoms with Gasteiger partial charge < -0.3 is 10.3 Å². The SMILES string of the molecule is CCCC(=O)N1CCc2nnc(NN)cc2C1. The maximum Gasteiger partial charge on any atom is 0.222 e. The van der Waals surface area contributed by atoms with Gasteiger partial charge in [0.05, 0.1) is 5.69 Å². The number of hydrazine groups is 1. The molecular formula is C11H17N5O. The van der Waals surface area contributed by atoms with Gasteiger partial charge in [0.15, 0.2) is 5.82 Å². The van der Waals surface area contributed by atoms with Gasteiger partial charge in [-0.1, -0.05) is 6.92 Å². The van der Waals surface area contributed by atoms with E-state index >= 15 is 0 Å². The van der Waals surface area contributed by atoms with Crippen LogP contribution in [0.4, 0.5) is 5.82 Å². The second-order valence-corrected chi connectivity index (χ2v) is 4.16. The maximum absolute atomic E-state index is 11.8. The summed E-state index contributed by atoms with van der Waals surface area (Å²) in [6.45, 7) is 3.35. The number of hydrogen-bond donors (Lipinski definition) is 2. The second-order valence-electron chi connectivity index (χ2n) is 4.16. The first-order valence-electron chi connectivity index (χ1n) is 5.84. The molecule has 0 saturated carbocycles. The van der Waals surface area contributed by atoms with Crippen LogP contribution < -0.4 is 11.3 Å². The Kier molecular flexibility index (Phi) is 3.53. The molecule has 1 aromatic rings. The zero-order valence-electron chi connectivity index (χ0n) is 9.94. The predicted octanol–water partition coefficient (Wildman–Crippen LogP) is 0.447. The number of amides is 1. The smallest absolute Gasteiger partial charge is 0.222 e. The number of nitrogens with one attached hydrogen (secondary N) is 1. The lowest BCUT2D eigenvalue weighted by molar-refractivity contribution is -0.132. The van der Waals surface area contributed by atoms with E-state index in [0.29, 0.717) is 18.8 Å². The van der Waals surface area contributed by atoms with Crippen LogP contribution in [0.1, 0.15) is 31.0 Å². The molecule has 6 nitrogen and oxygen atoms in total. The molecule has 0 radical (unpaired) electrons. The van der Waals surface area contributed by atoms with Gasteiger partial charge in [0, 0.05) is 25.9 Å². The molecule has 3 N–H and O–H groups in total. The first-order chi connectivity index (χ1) is 8.24. The number of carbonyl (C=O) groups excluding carboxylic acids is 1.